The van der Waals surface area contributed by atoms with Crippen molar-refractivity contribution in [3.63, 3.8) is 0 Å². The smallest absolute Gasteiger partial charge is 0.407 e. The van der Waals surface area contributed by atoms with Gasteiger partial charge in [0.15, 0.2) is 0 Å². The van der Waals surface area contributed by atoms with Gasteiger partial charge < -0.3 is 19.8 Å². The zero-order valence-corrected chi connectivity index (χ0v) is 13.7. The number of esters is 1. The second-order valence-corrected chi connectivity index (χ2v) is 5.49. The van der Waals surface area contributed by atoms with Crippen molar-refractivity contribution in [1.82, 2.24) is 10.3 Å². The molecular weight excluding hydrogens is 320 g/mol. The van der Waals surface area contributed by atoms with Crippen molar-refractivity contribution < 1.29 is 19.1 Å². The standard InChI is InChI=1S/C19H18N2O4/c1-24-19(23)21-17(18(22)25-14-7-3-2-4-8-14)11-13-12-20-16-10-6-5-9-15(13)16/h2-10,12,17,20H,11H2,1H3,(H,21,23)/t17-/m0/s1. The van der Waals surface area contributed by atoms with E-state index in [2.05, 4.69) is 15.0 Å². The third kappa shape index (κ3) is 3.98. The average Bonchev–Trinajstić information content (AvgIpc) is 3.05. The average molecular weight is 338 g/mol. The molecule has 0 aliphatic heterocycles. The fraction of sp³-hybridized carbons (Fsp3) is 0.158. The number of rotatable bonds is 5. The number of methoxy groups -OCH3 is 1. The van der Waals surface area contributed by atoms with Crippen LogP contribution in [0.3, 0.4) is 0 Å². The van der Waals surface area contributed by atoms with E-state index in [1.54, 1.807) is 24.3 Å². The highest BCUT2D eigenvalue weighted by Crippen LogP contribution is 2.20. The Labute approximate surface area is 144 Å². The van der Waals surface area contributed by atoms with Crippen LogP contribution in [0, 0.1) is 0 Å². The maximum absolute atomic E-state index is 12.5. The van der Waals surface area contributed by atoms with Gasteiger partial charge in [-0.05, 0) is 23.8 Å². The summed E-state index contributed by atoms with van der Waals surface area (Å²) in [7, 11) is 1.25. The molecule has 1 aromatic heterocycles. The van der Waals surface area contributed by atoms with Gasteiger partial charge in [-0.2, -0.15) is 0 Å². The Balaban J connectivity index is 1.81. The van der Waals surface area contributed by atoms with Crippen LogP contribution in [0.1, 0.15) is 5.56 Å². The molecule has 6 nitrogen and oxygen atoms in total. The van der Waals surface area contributed by atoms with Gasteiger partial charge in [0, 0.05) is 23.5 Å². The molecule has 2 aromatic carbocycles. The van der Waals surface area contributed by atoms with Gasteiger partial charge in [-0.15, -0.1) is 0 Å². The van der Waals surface area contributed by atoms with Gasteiger partial charge in [0.25, 0.3) is 0 Å². The summed E-state index contributed by atoms with van der Waals surface area (Å²) < 4.78 is 9.99. The van der Waals surface area contributed by atoms with Crippen LogP contribution in [-0.2, 0) is 16.0 Å². The maximum atomic E-state index is 12.5. The van der Waals surface area contributed by atoms with Crippen LogP contribution in [-0.4, -0.2) is 30.2 Å². The van der Waals surface area contributed by atoms with Gasteiger partial charge in [0.1, 0.15) is 11.8 Å². The summed E-state index contributed by atoms with van der Waals surface area (Å²) in [6.07, 6.45) is 1.42. The zero-order chi connectivity index (χ0) is 17.6. The molecule has 0 saturated heterocycles. The number of nitrogens with one attached hydrogen (secondary N) is 2. The van der Waals surface area contributed by atoms with Gasteiger partial charge in [-0.3, -0.25) is 0 Å². The van der Waals surface area contributed by atoms with Gasteiger partial charge in [-0.25, -0.2) is 9.59 Å². The van der Waals surface area contributed by atoms with Crippen molar-refractivity contribution in [3.05, 3.63) is 66.4 Å². The first-order valence-corrected chi connectivity index (χ1v) is 7.83. The Bertz CT molecular complexity index is 873. The first-order chi connectivity index (χ1) is 12.2. The number of aromatic nitrogens is 1. The number of para-hydroxylation sites is 2. The molecule has 0 radical (unpaired) electrons. The van der Waals surface area contributed by atoms with E-state index in [9.17, 15) is 9.59 Å². The minimum absolute atomic E-state index is 0.283. The Morgan fingerprint density at radius 3 is 2.56 bits per heavy atom. The number of aromatic amines is 1. The van der Waals surface area contributed by atoms with Crippen LogP contribution in [0.2, 0.25) is 0 Å². The molecule has 0 aliphatic rings. The second-order valence-electron chi connectivity index (χ2n) is 5.49. The molecule has 3 rings (SSSR count). The summed E-state index contributed by atoms with van der Waals surface area (Å²) in [6.45, 7) is 0. The lowest BCUT2D eigenvalue weighted by molar-refractivity contribution is -0.136. The first kappa shape index (κ1) is 16.6. The lowest BCUT2D eigenvalue weighted by Gasteiger charge is -2.16. The Hall–Kier alpha value is -3.28. The number of ether oxygens (including phenoxy) is 2. The molecule has 128 valence electrons. The normalized spacial score (nSPS) is 11.7. The lowest BCUT2D eigenvalue weighted by Crippen LogP contribution is -2.44. The fourth-order valence-electron chi connectivity index (χ4n) is 2.59. The van der Waals surface area contributed by atoms with E-state index in [0.717, 1.165) is 16.5 Å². The number of H-pyrrole nitrogens is 1. The molecule has 1 heterocycles. The van der Waals surface area contributed by atoms with Crippen molar-refractivity contribution in [2.75, 3.05) is 7.11 Å². The third-order valence-corrected chi connectivity index (χ3v) is 3.82. The van der Waals surface area contributed by atoms with Gasteiger partial charge in [-0.1, -0.05) is 36.4 Å². The highest BCUT2D eigenvalue weighted by Gasteiger charge is 2.25. The number of benzene rings is 2. The summed E-state index contributed by atoms with van der Waals surface area (Å²) in [5.41, 5.74) is 1.87. The van der Waals surface area contributed by atoms with E-state index >= 15 is 0 Å². The van der Waals surface area contributed by atoms with Crippen molar-refractivity contribution in [2.45, 2.75) is 12.5 Å². The highest BCUT2D eigenvalue weighted by atomic mass is 16.5. The second kappa shape index (κ2) is 7.53. The third-order valence-electron chi connectivity index (χ3n) is 3.82. The number of alkyl carbamates (subject to hydrolysis) is 1. The molecule has 0 spiro atoms. The largest absolute Gasteiger partial charge is 0.453 e. The molecule has 2 N–H and O–H groups in total. The molecule has 3 aromatic rings. The number of amides is 1. The minimum Gasteiger partial charge on any atom is -0.453 e. The molecule has 1 atom stereocenters. The summed E-state index contributed by atoms with van der Waals surface area (Å²) in [5, 5.41) is 3.53. The van der Waals surface area contributed by atoms with E-state index in [0.29, 0.717) is 5.75 Å². The molecule has 25 heavy (non-hydrogen) atoms. The van der Waals surface area contributed by atoms with E-state index < -0.39 is 18.1 Å². The molecule has 0 aliphatic carbocycles. The van der Waals surface area contributed by atoms with Crippen LogP contribution >= 0.6 is 0 Å². The van der Waals surface area contributed by atoms with Crippen LogP contribution in [0.25, 0.3) is 10.9 Å². The van der Waals surface area contributed by atoms with E-state index in [1.165, 1.54) is 7.11 Å². The quantitative estimate of drug-likeness (QED) is 0.553. The SMILES string of the molecule is COC(=O)N[C@@H](Cc1c[nH]c2ccccc12)C(=O)Oc1ccccc1. The number of hydrogen-bond donors (Lipinski definition) is 2. The van der Waals surface area contributed by atoms with E-state index in [-0.39, 0.29) is 6.42 Å². The summed E-state index contributed by atoms with van der Waals surface area (Å²) in [4.78, 5) is 27.3. The van der Waals surface area contributed by atoms with E-state index in [4.69, 9.17) is 4.74 Å². The Morgan fingerprint density at radius 1 is 1.08 bits per heavy atom. The monoisotopic (exact) mass is 338 g/mol. The summed E-state index contributed by atoms with van der Waals surface area (Å²) >= 11 is 0. The molecule has 1 amide bonds. The van der Waals surface area contributed by atoms with Gasteiger partial charge in [0.05, 0.1) is 7.11 Å². The van der Waals surface area contributed by atoms with Crippen molar-refractivity contribution in [2.24, 2.45) is 0 Å². The molecule has 0 unspecified atom stereocenters. The highest BCUT2D eigenvalue weighted by molar-refractivity contribution is 5.86. The fourth-order valence-corrected chi connectivity index (χ4v) is 2.59. The summed E-state index contributed by atoms with van der Waals surface area (Å²) in [6, 6.07) is 15.6. The van der Waals surface area contributed by atoms with Crippen LogP contribution < -0.4 is 10.1 Å². The maximum Gasteiger partial charge on any atom is 0.407 e. The Morgan fingerprint density at radius 2 is 1.80 bits per heavy atom. The van der Waals surface area contributed by atoms with Crippen LogP contribution in [0.4, 0.5) is 4.79 Å². The Kier molecular flexibility index (Phi) is 4.99. The number of hydrogen-bond acceptors (Lipinski definition) is 4. The van der Waals surface area contributed by atoms with Gasteiger partial charge >= 0.3 is 12.1 Å². The zero-order valence-electron chi connectivity index (χ0n) is 13.7. The van der Waals surface area contributed by atoms with Crippen LogP contribution in [0.15, 0.2) is 60.8 Å². The molecule has 0 bridgehead atoms. The summed E-state index contributed by atoms with van der Waals surface area (Å²) in [5.74, 6) is -0.134. The topological polar surface area (TPSA) is 80.4 Å². The molecule has 0 fully saturated rings. The van der Waals surface area contributed by atoms with Crippen molar-refractivity contribution in [1.29, 1.82) is 0 Å². The van der Waals surface area contributed by atoms with Crippen LogP contribution in [0.5, 0.6) is 5.75 Å². The first-order valence-electron chi connectivity index (χ1n) is 7.83. The van der Waals surface area contributed by atoms with Crippen molar-refractivity contribution >= 4 is 23.0 Å². The predicted molar refractivity (Wildman–Crippen MR) is 93.4 cm³/mol. The molecular formula is C19H18N2O4. The number of carbonyl (C=O) groups is 2. The lowest BCUT2D eigenvalue weighted by atomic mass is 10.1. The predicted octanol–water partition coefficient (Wildman–Crippen LogP) is 3.04. The van der Waals surface area contributed by atoms with E-state index in [1.807, 2.05) is 36.5 Å². The number of fused-ring (bicyclic) bond motifs is 1. The van der Waals surface area contributed by atoms with Crippen molar-refractivity contribution in [3.8, 4) is 5.75 Å². The minimum atomic E-state index is -0.869. The number of carbonyl (C=O) groups excluding carboxylic acids is 2. The molecule has 0 saturated carbocycles. The van der Waals surface area contributed by atoms with Gasteiger partial charge in [0.2, 0.25) is 0 Å². The molecule has 6 heteroatoms.